The lowest BCUT2D eigenvalue weighted by molar-refractivity contribution is -0.142. The van der Waals surface area contributed by atoms with Crippen LogP contribution in [0.15, 0.2) is 23.9 Å². The fraction of sp³-hybridized carbons (Fsp3) is 0.450. The Labute approximate surface area is 169 Å². The smallest absolute Gasteiger partial charge is 0.343 e. The molecule has 1 saturated heterocycles. The summed E-state index contributed by atoms with van der Waals surface area (Å²) in [6.45, 7) is -0.210. The number of benzene rings is 1. The molecule has 1 aliphatic heterocycles. The van der Waals surface area contributed by atoms with Gasteiger partial charge in [0.15, 0.2) is 23.2 Å². The number of esters is 1. The number of thiocarbonyl (C=S) groups is 1. The van der Waals surface area contributed by atoms with Gasteiger partial charge in [-0.25, -0.2) is 4.79 Å². The third-order valence-corrected chi connectivity index (χ3v) is 5.22. The normalized spacial score (nSPS) is 18.9. The number of hydrogen-bond donors (Lipinski definition) is 1. The summed E-state index contributed by atoms with van der Waals surface area (Å²) in [5.74, 6) is 0.294. The third kappa shape index (κ3) is 4.44. The van der Waals surface area contributed by atoms with Gasteiger partial charge in [-0.1, -0.05) is 25.3 Å². The fourth-order valence-electron chi connectivity index (χ4n) is 3.48. The van der Waals surface area contributed by atoms with Crippen molar-refractivity contribution in [2.24, 2.45) is 0 Å². The van der Waals surface area contributed by atoms with Crippen LogP contribution in [0.5, 0.6) is 11.5 Å². The van der Waals surface area contributed by atoms with Gasteiger partial charge in [-0.05, 0) is 48.8 Å². The highest BCUT2D eigenvalue weighted by Gasteiger charge is 2.36. The molecular weight excluding hydrogens is 380 g/mol. The Morgan fingerprint density at radius 2 is 2.00 bits per heavy atom. The lowest BCUT2D eigenvalue weighted by Gasteiger charge is -2.29. The molecule has 28 heavy (non-hydrogen) atoms. The Kier molecular flexibility index (Phi) is 6.51. The van der Waals surface area contributed by atoms with E-state index in [9.17, 15) is 9.59 Å². The van der Waals surface area contributed by atoms with E-state index in [2.05, 4.69) is 10.1 Å². The van der Waals surface area contributed by atoms with Gasteiger partial charge >= 0.3 is 5.97 Å². The van der Waals surface area contributed by atoms with E-state index in [1.54, 1.807) is 29.2 Å². The number of hydrogen-bond acceptors (Lipinski definition) is 6. The minimum Gasteiger partial charge on any atom is -0.493 e. The number of ether oxygens (including phenoxy) is 3. The van der Waals surface area contributed by atoms with Crippen LogP contribution in [-0.2, 0) is 14.3 Å². The summed E-state index contributed by atoms with van der Waals surface area (Å²) in [5.41, 5.74) is 1.20. The monoisotopic (exact) mass is 404 g/mol. The standard InChI is InChI=1S/C20H24N2O5S/c1-25-17-11-13(8-9-16(17)27-12-18(23)26-2)10-15-19(24)22(20(28)21-15)14-6-4-3-5-7-14/h8-11,14H,3-7,12H2,1-2H3,(H,21,28)/b15-10-. The molecule has 150 valence electrons. The van der Waals surface area contributed by atoms with E-state index in [0.717, 1.165) is 31.2 Å². The number of carbonyl (C=O) groups excluding carboxylic acids is 2. The Hall–Kier alpha value is -2.61. The van der Waals surface area contributed by atoms with Gasteiger partial charge in [0.05, 0.1) is 14.2 Å². The lowest BCUT2D eigenvalue weighted by Crippen LogP contribution is -2.41. The minimum absolute atomic E-state index is 0.0955. The first-order valence-corrected chi connectivity index (χ1v) is 9.68. The van der Waals surface area contributed by atoms with Gasteiger partial charge in [-0.3, -0.25) is 9.69 Å². The van der Waals surface area contributed by atoms with Crippen molar-refractivity contribution < 1.29 is 23.8 Å². The molecule has 0 atom stereocenters. The Morgan fingerprint density at radius 3 is 2.68 bits per heavy atom. The SMILES string of the molecule is COC(=O)COc1ccc(/C=C2\NC(=S)N(C3CCCCC3)C2=O)cc1OC. The highest BCUT2D eigenvalue weighted by molar-refractivity contribution is 7.80. The highest BCUT2D eigenvalue weighted by atomic mass is 32.1. The lowest BCUT2D eigenvalue weighted by atomic mass is 9.94. The molecule has 2 aliphatic rings. The van der Waals surface area contributed by atoms with Gasteiger partial charge in [0.2, 0.25) is 0 Å². The molecule has 1 aliphatic carbocycles. The zero-order valence-corrected chi connectivity index (χ0v) is 16.8. The number of rotatable bonds is 6. The number of methoxy groups -OCH3 is 2. The number of amides is 1. The molecule has 8 heteroatoms. The molecule has 1 aromatic carbocycles. The van der Waals surface area contributed by atoms with E-state index < -0.39 is 5.97 Å². The fourth-order valence-corrected chi connectivity index (χ4v) is 3.82. The van der Waals surface area contributed by atoms with Crippen LogP contribution >= 0.6 is 12.2 Å². The maximum absolute atomic E-state index is 12.9. The average molecular weight is 404 g/mol. The quantitative estimate of drug-likeness (QED) is 0.444. The zero-order valence-electron chi connectivity index (χ0n) is 16.0. The van der Waals surface area contributed by atoms with Crippen LogP contribution in [0.2, 0.25) is 0 Å². The van der Waals surface area contributed by atoms with Gasteiger partial charge in [-0.15, -0.1) is 0 Å². The molecule has 0 unspecified atom stereocenters. The molecule has 3 rings (SSSR count). The molecule has 2 fully saturated rings. The summed E-state index contributed by atoms with van der Waals surface area (Å²) in [4.78, 5) is 25.8. The third-order valence-electron chi connectivity index (χ3n) is 4.92. The van der Waals surface area contributed by atoms with Crippen molar-refractivity contribution >= 4 is 35.3 Å². The summed E-state index contributed by atoms with van der Waals surface area (Å²) in [5, 5.41) is 3.50. The van der Waals surface area contributed by atoms with Crippen LogP contribution < -0.4 is 14.8 Å². The van der Waals surface area contributed by atoms with Gasteiger partial charge < -0.3 is 19.5 Å². The second-order valence-electron chi connectivity index (χ2n) is 6.73. The molecule has 1 heterocycles. The number of carbonyl (C=O) groups is 2. The highest BCUT2D eigenvalue weighted by Crippen LogP contribution is 2.30. The van der Waals surface area contributed by atoms with Gasteiger partial charge in [-0.2, -0.15) is 0 Å². The molecule has 0 bridgehead atoms. The summed E-state index contributed by atoms with van der Waals surface area (Å²) in [6.07, 6.45) is 7.18. The minimum atomic E-state index is -0.481. The molecule has 7 nitrogen and oxygen atoms in total. The molecule has 0 radical (unpaired) electrons. The van der Waals surface area contributed by atoms with Crippen LogP contribution in [0.25, 0.3) is 6.08 Å². The van der Waals surface area contributed by atoms with Gasteiger partial charge in [0, 0.05) is 6.04 Å². The number of nitrogens with zero attached hydrogens (tertiary/aromatic N) is 1. The van der Waals surface area contributed by atoms with E-state index >= 15 is 0 Å². The second kappa shape index (κ2) is 9.05. The molecular formula is C20H24N2O5S. The molecule has 0 aromatic heterocycles. The molecule has 1 aromatic rings. The van der Waals surface area contributed by atoms with Crippen molar-refractivity contribution in [1.82, 2.24) is 10.2 Å². The Morgan fingerprint density at radius 1 is 1.25 bits per heavy atom. The summed E-state index contributed by atoms with van der Waals surface area (Å²) < 4.78 is 15.3. The van der Waals surface area contributed by atoms with Gasteiger partial charge in [0.1, 0.15) is 5.70 Å². The Balaban J connectivity index is 1.76. The first kappa shape index (κ1) is 20.1. The van der Waals surface area contributed by atoms with E-state index in [-0.39, 0.29) is 18.6 Å². The molecule has 1 saturated carbocycles. The molecule has 1 N–H and O–H groups in total. The molecule has 1 amide bonds. The predicted molar refractivity (Wildman–Crippen MR) is 108 cm³/mol. The number of nitrogens with one attached hydrogen (secondary N) is 1. The first-order valence-electron chi connectivity index (χ1n) is 9.27. The van der Waals surface area contributed by atoms with Crippen molar-refractivity contribution in [3.05, 3.63) is 29.5 Å². The van der Waals surface area contributed by atoms with Crippen LogP contribution in [-0.4, -0.2) is 48.8 Å². The van der Waals surface area contributed by atoms with Gasteiger partial charge in [0.25, 0.3) is 5.91 Å². The van der Waals surface area contributed by atoms with Crippen molar-refractivity contribution in [1.29, 1.82) is 0 Å². The van der Waals surface area contributed by atoms with E-state index in [1.165, 1.54) is 20.6 Å². The maximum atomic E-state index is 12.9. The van der Waals surface area contributed by atoms with Crippen LogP contribution in [0.4, 0.5) is 0 Å². The van der Waals surface area contributed by atoms with E-state index in [4.69, 9.17) is 21.7 Å². The summed E-state index contributed by atoms with van der Waals surface area (Å²) in [7, 11) is 2.81. The summed E-state index contributed by atoms with van der Waals surface area (Å²) >= 11 is 5.40. The largest absolute Gasteiger partial charge is 0.493 e. The van der Waals surface area contributed by atoms with Crippen LogP contribution in [0.3, 0.4) is 0 Å². The second-order valence-corrected chi connectivity index (χ2v) is 7.12. The van der Waals surface area contributed by atoms with Crippen molar-refractivity contribution in [2.45, 2.75) is 38.1 Å². The van der Waals surface area contributed by atoms with E-state index in [0.29, 0.717) is 22.3 Å². The average Bonchev–Trinajstić information content (AvgIpc) is 3.00. The molecule has 0 spiro atoms. The first-order chi connectivity index (χ1) is 13.5. The van der Waals surface area contributed by atoms with E-state index in [1.807, 2.05) is 0 Å². The van der Waals surface area contributed by atoms with Crippen LogP contribution in [0.1, 0.15) is 37.7 Å². The summed E-state index contributed by atoms with van der Waals surface area (Å²) in [6, 6.07) is 5.38. The van der Waals surface area contributed by atoms with Crippen molar-refractivity contribution in [2.75, 3.05) is 20.8 Å². The topological polar surface area (TPSA) is 77.1 Å². The Bertz CT molecular complexity index is 802. The maximum Gasteiger partial charge on any atom is 0.343 e. The van der Waals surface area contributed by atoms with Crippen molar-refractivity contribution in [3.8, 4) is 11.5 Å². The predicted octanol–water partition coefficient (Wildman–Crippen LogP) is 2.64. The zero-order chi connectivity index (χ0) is 20.1. The van der Waals surface area contributed by atoms with Crippen LogP contribution in [0, 0.1) is 0 Å². The van der Waals surface area contributed by atoms with Crippen molar-refractivity contribution in [3.63, 3.8) is 0 Å².